The summed E-state index contributed by atoms with van der Waals surface area (Å²) in [6.45, 7) is 7.48. The molecule has 0 spiro atoms. The summed E-state index contributed by atoms with van der Waals surface area (Å²) in [5.41, 5.74) is 0.534. The molecule has 2 fully saturated rings. The van der Waals surface area contributed by atoms with Gasteiger partial charge < -0.3 is 0 Å². The van der Waals surface area contributed by atoms with Crippen LogP contribution in [0.25, 0.3) is 0 Å². The van der Waals surface area contributed by atoms with E-state index < -0.39 is 0 Å². The molecule has 2 aliphatic rings. The Morgan fingerprint density at radius 1 is 1.12 bits per heavy atom. The Kier molecular flexibility index (Phi) is 4.82. The minimum atomic E-state index is 0.534. The first kappa shape index (κ1) is 13.7. The number of nitrogens with zero attached hydrogens (tertiary/aromatic N) is 1. The molecule has 100 valence electrons. The van der Waals surface area contributed by atoms with Crippen molar-refractivity contribution in [3.63, 3.8) is 0 Å². The van der Waals surface area contributed by atoms with Gasteiger partial charge in [0.1, 0.15) is 0 Å². The molecule has 0 amide bonds. The Bertz CT molecular complexity index is 235. The summed E-state index contributed by atoms with van der Waals surface area (Å²) in [6, 6.07) is 0.780. The Morgan fingerprint density at radius 2 is 1.82 bits per heavy atom. The number of piperidine rings is 1. The minimum Gasteiger partial charge on any atom is -0.300 e. The molecule has 1 saturated carbocycles. The quantitative estimate of drug-likeness (QED) is 0.746. The molecule has 2 heteroatoms. The molecule has 0 N–H and O–H groups in total. The second kappa shape index (κ2) is 5.97. The number of thiol groups is 1. The summed E-state index contributed by atoms with van der Waals surface area (Å²) in [7, 11) is 0. The lowest BCUT2D eigenvalue weighted by molar-refractivity contribution is 0.0514. The zero-order valence-corrected chi connectivity index (χ0v) is 12.5. The van der Waals surface area contributed by atoms with Gasteiger partial charge in [0, 0.05) is 12.6 Å². The molecule has 1 heterocycles. The molecule has 1 aliphatic carbocycles. The zero-order valence-electron chi connectivity index (χ0n) is 11.6. The van der Waals surface area contributed by atoms with Crippen LogP contribution in [-0.4, -0.2) is 29.8 Å². The van der Waals surface area contributed by atoms with E-state index in [1.807, 2.05) is 0 Å². The van der Waals surface area contributed by atoms with Crippen molar-refractivity contribution in [1.82, 2.24) is 4.90 Å². The van der Waals surface area contributed by atoms with E-state index in [-0.39, 0.29) is 0 Å². The van der Waals surface area contributed by atoms with Crippen LogP contribution in [0.1, 0.15) is 58.8 Å². The summed E-state index contributed by atoms with van der Waals surface area (Å²) < 4.78 is 0. The van der Waals surface area contributed by atoms with Gasteiger partial charge in [-0.25, -0.2) is 0 Å². The van der Waals surface area contributed by atoms with Gasteiger partial charge in [-0.1, -0.05) is 26.2 Å². The highest BCUT2D eigenvalue weighted by Crippen LogP contribution is 2.39. The van der Waals surface area contributed by atoms with Crippen LogP contribution in [0.4, 0.5) is 0 Å². The summed E-state index contributed by atoms with van der Waals surface area (Å²) in [5.74, 6) is 1.97. The van der Waals surface area contributed by atoms with E-state index in [1.54, 1.807) is 0 Å². The molecular formula is C15H29NS. The van der Waals surface area contributed by atoms with Gasteiger partial charge in [0.05, 0.1) is 0 Å². The first-order valence-corrected chi connectivity index (χ1v) is 8.15. The first-order valence-electron chi connectivity index (χ1n) is 7.52. The second-order valence-electron chi connectivity index (χ2n) is 6.55. The third kappa shape index (κ3) is 3.20. The van der Waals surface area contributed by atoms with Crippen LogP contribution in [0, 0.1) is 11.3 Å². The van der Waals surface area contributed by atoms with Crippen molar-refractivity contribution in [3.8, 4) is 0 Å². The topological polar surface area (TPSA) is 3.24 Å². The van der Waals surface area contributed by atoms with Gasteiger partial charge in [-0.2, -0.15) is 12.6 Å². The maximum atomic E-state index is 4.67. The summed E-state index contributed by atoms with van der Waals surface area (Å²) in [6.07, 6.45) is 9.94. The number of hydrogen-bond donors (Lipinski definition) is 1. The lowest BCUT2D eigenvalue weighted by Crippen LogP contribution is -2.49. The van der Waals surface area contributed by atoms with Gasteiger partial charge in [0.25, 0.3) is 0 Å². The monoisotopic (exact) mass is 255 g/mol. The summed E-state index contributed by atoms with van der Waals surface area (Å²) in [4.78, 5) is 2.76. The highest BCUT2D eigenvalue weighted by atomic mass is 32.1. The van der Waals surface area contributed by atoms with E-state index >= 15 is 0 Å². The van der Waals surface area contributed by atoms with E-state index in [9.17, 15) is 0 Å². The molecule has 0 aromatic rings. The standard InChI is InChI=1S/C15H29NS/c1-13-7-6-10-16(14(13)2)11-15(12-17)8-4-3-5-9-15/h13-14,17H,3-12H2,1-2H3. The fourth-order valence-electron chi connectivity index (χ4n) is 3.74. The SMILES string of the molecule is CC1CCCN(CC2(CS)CCCCC2)C1C. The fraction of sp³-hybridized carbons (Fsp3) is 1.00. The smallest absolute Gasteiger partial charge is 0.00928 e. The predicted molar refractivity (Wildman–Crippen MR) is 78.8 cm³/mol. The number of rotatable bonds is 3. The van der Waals surface area contributed by atoms with Crippen molar-refractivity contribution in [2.45, 2.75) is 64.8 Å². The van der Waals surface area contributed by atoms with E-state index in [2.05, 4.69) is 31.4 Å². The Labute approximate surface area is 113 Å². The molecule has 0 bridgehead atoms. The largest absolute Gasteiger partial charge is 0.300 e. The highest BCUT2D eigenvalue weighted by Gasteiger charge is 2.35. The molecule has 2 atom stereocenters. The molecule has 1 nitrogen and oxygen atoms in total. The minimum absolute atomic E-state index is 0.534. The Morgan fingerprint density at radius 3 is 2.47 bits per heavy atom. The van der Waals surface area contributed by atoms with Crippen LogP contribution in [0.15, 0.2) is 0 Å². The van der Waals surface area contributed by atoms with Crippen molar-refractivity contribution < 1.29 is 0 Å². The molecule has 2 unspecified atom stereocenters. The molecule has 0 radical (unpaired) electrons. The first-order chi connectivity index (χ1) is 8.17. The van der Waals surface area contributed by atoms with Crippen molar-refractivity contribution in [1.29, 1.82) is 0 Å². The van der Waals surface area contributed by atoms with Gasteiger partial charge in [-0.05, 0) is 56.2 Å². The van der Waals surface area contributed by atoms with Crippen LogP contribution < -0.4 is 0 Å². The molecule has 17 heavy (non-hydrogen) atoms. The Balaban J connectivity index is 1.97. The van der Waals surface area contributed by atoms with Crippen LogP contribution in [0.5, 0.6) is 0 Å². The third-order valence-corrected chi connectivity index (χ3v) is 5.96. The second-order valence-corrected chi connectivity index (χ2v) is 6.87. The zero-order chi connectivity index (χ0) is 12.3. The van der Waals surface area contributed by atoms with E-state index in [1.165, 1.54) is 58.0 Å². The van der Waals surface area contributed by atoms with Crippen LogP contribution in [0.2, 0.25) is 0 Å². The molecule has 2 rings (SSSR count). The van der Waals surface area contributed by atoms with Crippen molar-refractivity contribution in [2.24, 2.45) is 11.3 Å². The van der Waals surface area contributed by atoms with Gasteiger partial charge in [0.2, 0.25) is 0 Å². The van der Waals surface area contributed by atoms with Crippen LogP contribution in [-0.2, 0) is 0 Å². The number of likely N-dealkylation sites (tertiary alicyclic amines) is 1. The average Bonchev–Trinajstić information content (AvgIpc) is 2.36. The molecular weight excluding hydrogens is 226 g/mol. The van der Waals surface area contributed by atoms with Gasteiger partial charge >= 0.3 is 0 Å². The van der Waals surface area contributed by atoms with Crippen LogP contribution >= 0.6 is 12.6 Å². The van der Waals surface area contributed by atoms with Gasteiger partial charge in [-0.15, -0.1) is 0 Å². The van der Waals surface area contributed by atoms with E-state index in [4.69, 9.17) is 0 Å². The van der Waals surface area contributed by atoms with E-state index in [0.29, 0.717) is 5.41 Å². The number of hydrogen-bond acceptors (Lipinski definition) is 2. The van der Waals surface area contributed by atoms with Crippen LogP contribution in [0.3, 0.4) is 0 Å². The molecule has 1 saturated heterocycles. The molecule has 1 aliphatic heterocycles. The van der Waals surface area contributed by atoms with Crippen molar-refractivity contribution >= 4 is 12.6 Å². The van der Waals surface area contributed by atoms with Crippen molar-refractivity contribution in [3.05, 3.63) is 0 Å². The highest BCUT2D eigenvalue weighted by molar-refractivity contribution is 7.80. The normalized spacial score (nSPS) is 34.8. The predicted octanol–water partition coefficient (Wildman–Crippen LogP) is 3.99. The van der Waals surface area contributed by atoms with E-state index in [0.717, 1.165) is 17.7 Å². The average molecular weight is 255 g/mol. The lowest BCUT2D eigenvalue weighted by Gasteiger charge is -2.45. The van der Waals surface area contributed by atoms with Gasteiger partial charge in [0.15, 0.2) is 0 Å². The van der Waals surface area contributed by atoms with Gasteiger partial charge in [-0.3, -0.25) is 4.90 Å². The summed E-state index contributed by atoms with van der Waals surface area (Å²) >= 11 is 4.67. The maximum absolute atomic E-state index is 4.67. The fourth-order valence-corrected chi connectivity index (χ4v) is 4.16. The summed E-state index contributed by atoms with van der Waals surface area (Å²) in [5, 5.41) is 0. The lowest BCUT2D eigenvalue weighted by atomic mass is 9.74. The Hall–Kier alpha value is 0.310. The maximum Gasteiger partial charge on any atom is 0.00928 e. The molecule has 0 aromatic heterocycles. The third-order valence-electron chi connectivity index (χ3n) is 5.29. The molecule has 0 aromatic carbocycles. The van der Waals surface area contributed by atoms with Crippen molar-refractivity contribution in [2.75, 3.05) is 18.8 Å².